The predicted molar refractivity (Wildman–Crippen MR) is 78.3 cm³/mol. The Morgan fingerprint density at radius 2 is 2.44 bits per heavy atom. The molecule has 3 heteroatoms. The summed E-state index contributed by atoms with van der Waals surface area (Å²) in [5.74, 6) is 0. The normalized spacial score (nSPS) is 21.3. The molecule has 1 aromatic rings. The largest absolute Gasteiger partial charge is 0.378 e. The van der Waals surface area contributed by atoms with E-state index in [1.807, 2.05) is 11.3 Å². The summed E-state index contributed by atoms with van der Waals surface area (Å²) in [6, 6.07) is 2.84. The fourth-order valence-electron chi connectivity index (χ4n) is 2.58. The van der Waals surface area contributed by atoms with Crippen molar-refractivity contribution in [1.29, 1.82) is 0 Å². The van der Waals surface area contributed by atoms with E-state index in [-0.39, 0.29) is 0 Å². The number of nitrogens with one attached hydrogen (secondary N) is 1. The van der Waals surface area contributed by atoms with Gasteiger partial charge in [0.15, 0.2) is 0 Å². The maximum Gasteiger partial charge on any atom is 0.0576 e. The molecule has 18 heavy (non-hydrogen) atoms. The first-order valence-electron chi connectivity index (χ1n) is 7.19. The molecule has 1 aromatic heterocycles. The second-order valence-corrected chi connectivity index (χ2v) is 6.33. The van der Waals surface area contributed by atoms with Crippen molar-refractivity contribution in [2.75, 3.05) is 13.2 Å². The Balaban J connectivity index is 1.87. The molecule has 0 radical (unpaired) electrons. The van der Waals surface area contributed by atoms with Crippen LogP contribution in [-0.2, 0) is 4.74 Å². The number of rotatable bonds is 7. The Hall–Kier alpha value is -0.380. The van der Waals surface area contributed by atoms with E-state index in [1.165, 1.54) is 42.5 Å². The molecule has 2 heterocycles. The highest BCUT2D eigenvalue weighted by atomic mass is 32.1. The SMILES string of the molecule is CCCNC(CCC1CCCO1)c1csc(C)c1. The summed E-state index contributed by atoms with van der Waals surface area (Å²) in [5, 5.41) is 5.98. The van der Waals surface area contributed by atoms with Gasteiger partial charge in [0.2, 0.25) is 0 Å². The van der Waals surface area contributed by atoms with E-state index in [0.717, 1.165) is 13.2 Å². The zero-order valence-electron chi connectivity index (χ0n) is 11.6. The van der Waals surface area contributed by atoms with Crippen molar-refractivity contribution >= 4 is 11.3 Å². The fourth-order valence-corrected chi connectivity index (χ4v) is 3.33. The highest BCUT2D eigenvalue weighted by molar-refractivity contribution is 7.10. The molecule has 0 saturated carbocycles. The van der Waals surface area contributed by atoms with Crippen LogP contribution < -0.4 is 5.32 Å². The Kier molecular flexibility index (Phi) is 5.67. The average Bonchev–Trinajstić information content (AvgIpc) is 3.01. The number of hydrogen-bond donors (Lipinski definition) is 1. The summed E-state index contributed by atoms with van der Waals surface area (Å²) in [6.07, 6.45) is 6.59. The third-order valence-electron chi connectivity index (χ3n) is 3.60. The zero-order valence-corrected chi connectivity index (χ0v) is 12.4. The van der Waals surface area contributed by atoms with Crippen LogP contribution >= 0.6 is 11.3 Å². The van der Waals surface area contributed by atoms with E-state index in [4.69, 9.17) is 4.74 Å². The minimum absolute atomic E-state index is 0.510. The highest BCUT2D eigenvalue weighted by Crippen LogP contribution is 2.27. The van der Waals surface area contributed by atoms with Gasteiger partial charge in [0.25, 0.3) is 0 Å². The van der Waals surface area contributed by atoms with Gasteiger partial charge in [-0.3, -0.25) is 0 Å². The molecule has 2 atom stereocenters. The van der Waals surface area contributed by atoms with Crippen LogP contribution in [0.25, 0.3) is 0 Å². The summed E-state index contributed by atoms with van der Waals surface area (Å²) in [7, 11) is 0. The van der Waals surface area contributed by atoms with E-state index in [0.29, 0.717) is 12.1 Å². The van der Waals surface area contributed by atoms with E-state index in [1.54, 1.807) is 0 Å². The van der Waals surface area contributed by atoms with Crippen molar-refractivity contribution in [2.45, 2.75) is 58.1 Å². The molecular formula is C15H25NOS. The Morgan fingerprint density at radius 1 is 1.56 bits per heavy atom. The molecule has 1 aliphatic rings. The van der Waals surface area contributed by atoms with Crippen LogP contribution in [0, 0.1) is 6.92 Å². The Morgan fingerprint density at radius 3 is 3.06 bits per heavy atom. The van der Waals surface area contributed by atoms with Crippen LogP contribution in [0.15, 0.2) is 11.4 Å². The molecule has 0 spiro atoms. The molecule has 0 aliphatic carbocycles. The first-order valence-corrected chi connectivity index (χ1v) is 8.07. The molecule has 0 aromatic carbocycles. The molecule has 1 fully saturated rings. The predicted octanol–water partition coefficient (Wildman–Crippen LogP) is 4.06. The van der Waals surface area contributed by atoms with Crippen LogP contribution in [-0.4, -0.2) is 19.3 Å². The highest BCUT2D eigenvalue weighted by Gasteiger charge is 2.19. The van der Waals surface area contributed by atoms with Crippen LogP contribution in [0.3, 0.4) is 0 Å². The van der Waals surface area contributed by atoms with Crippen molar-refractivity contribution in [1.82, 2.24) is 5.32 Å². The topological polar surface area (TPSA) is 21.3 Å². The third-order valence-corrected chi connectivity index (χ3v) is 4.47. The van der Waals surface area contributed by atoms with Crippen molar-refractivity contribution < 1.29 is 4.74 Å². The molecule has 102 valence electrons. The van der Waals surface area contributed by atoms with Gasteiger partial charge < -0.3 is 10.1 Å². The van der Waals surface area contributed by atoms with E-state index >= 15 is 0 Å². The van der Waals surface area contributed by atoms with Gasteiger partial charge in [0, 0.05) is 17.5 Å². The second-order valence-electron chi connectivity index (χ2n) is 5.21. The molecule has 2 unspecified atom stereocenters. The quantitative estimate of drug-likeness (QED) is 0.804. The maximum atomic E-state index is 5.72. The first kappa shape index (κ1) is 14.0. The van der Waals surface area contributed by atoms with Crippen molar-refractivity contribution in [3.05, 3.63) is 21.9 Å². The maximum absolute atomic E-state index is 5.72. The van der Waals surface area contributed by atoms with Gasteiger partial charge in [-0.15, -0.1) is 11.3 Å². The second kappa shape index (κ2) is 7.27. The van der Waals surface area contributed by atoms with Crippen LogP contribution in [0.1, 0.15) is 55.5 Å². The van der Waals surface area contributed by atoms with Gasteiger partial charge in [-0.2, -0.15) is 0 Å². The van der Waals surface area contributed by atoms with Gasteiger partial charge >= 0.3 is 0 Å². The van der Waals surface area contributed by atoms with Crippen molar-refractivity contribution in [3.63, 3.8) is 0 Å². The van der Waals surface area contributed by atoms with Crippen LogP contribution in [0.4, 0.5) is 0 Å². The third kappa shape index (κ3) is 4.08. The monoisotopic (exact) mass is 267 g/mol. The number of thiophene rings is 1. The van der Waals surface area contributed by atoms with Crippen molar-refractivity contribution in [3.8, 4) is 0 Å². The number of hydrogen-bond acceptors (Lipinski definition) is 3. The molecule has 2 rings (SSSR count). The average molecular weight is 267 g/mol. The first-order chi connectivity index (χ1) is 8.79. The van der Waals surface area contributed by atoms with Crippen LogP contribution in [0.5, 0.6) is 0 Å². The van der Waals surface area contributed by atoms with Gasteiger partial charge in [0.1, 0.15) is 0 Å². The standard InChI is InChI=1S/C15H25NOS/c1-3-8-16-15(13-10-12(2)18-11-13)7-6-14-5-4-9-17-14/h10-11,14-16H,3-9H2,1-2H3. The van der Waals surface area contributed by atoms with Gasteiger partial charge in [-0.1, -0.05) is 6.92 Å². The lowest BCUT2D eigenvalue weighted by molar-refractivity contribution is 0.0996. The lowest BCUT2D eigenvalue weighted by atomic mass is 10.0. The summed E-state index contributed by atoms with van der Waals surface area (Å²) in [5.41, 5.74) is 1.46. The molecule has 0 amide bonds. The molecule has 2 nitrogen and oxygen atoms in total. The van der Waals surface area contributed by atoms with Crippen LogP contribution in [0.2, 0.25) is 0 Å². The summed E-state index contributed by atoms with van der Waals surface area (Å²) >= 11 is 1.85. The molecule has 1 saturated heterocycles. The van der Waals surface area contributed by atoms with Crippen molar-refractivity contribution in [2.24, 2.45) is 0 Å². The molecule has 1 aliphatic heterocycles. The Labute approximate surface area is 115 Å². The summed E-state index contributed by atoms with van der Waals surface area (Å²) in [6.45, 7) is 6.48. The minimum Gasteiger partial charge on any atom is -0.378 e. The van der Waals surface area contributed by atoms with Gasteiger partial charge in [-0.05, 0) is 62.6 Å². The number of ether oxygens (including phenoxy) is 1. The molecule has 1 N–H and O–H groups in total. The smallest absolute Gasteiger partial charge is 0.0576 e. The van der Waals surface area contributed by atoms with E-state index < -0.39 is 0 Å². The van der Waals surface area contributed by atoms with Gasteiger partial charge in [0.05, 0.1) is 6.10 Å². The van der Waals surface area contributed by atoms with E-state index in [9.17, 15) is 0 Å². The number of aryl methyl sites for hydroxylation is 1. The zero-order chi connectivity index (χ0) is 12.8. The molecular weight excluding hydrogens is 242 g/mol. The lowest BCUT2D eigenvalue weighted by Gasteiger charge is -2.19. The Bertz CT molecular complexity index is 344. The minimum atomic E-state index is 0.510. The summed E-state index contributed by atoms with van der Waals surface area (Å²) in [4.78, 5) is 1.41. The summed E-state index contributed by atoms with van der Waals surface area (Å²) < 4.78 is 5.72. The molecule has 0 bridgehead atoms. The fraction of sp³-hybridized carbons (Fsp3) is 0.733. The van der Waals surface area contributed by atoms with Gasteiger partial charge in [-0.25, -0.2) is 0 Å². The van der Waals surface area contributed by atoms with E-state index in [2.05, 4.69) is 30.6 Å². The lowest BCUT2D eigenvalue weighted by Crippen LogP contribution is -2.23.